The van der Waals surface area contributed by atoms with E-state index in [0.717, 1.165) is 41.0 Å². The molecule has 2 N–H and O–H groups in total. The Balaban J connectivity index is 1.20. The van der Waals surface area contributed by atoms with Gasteiger partial charge in [-0.2, -0.15) is 0 Å². The van der Waals surface area contributed by atoms with Gasteiger partial charge in [0.25, 0.3) is 5.91 Å². The number of nitrogens with zero attached hydrogens (tertiary/aromatic N) is 1. The molecule has 1 aliphatic carbocycles. The van der Waals surface area contributed by atoms with Gasteiger partial charge in [0.2, 0.25) is 11.8 Å². The van der Waals surface area contributed by atoms with Crippen molar-refractivity contribution in [2.24, 2.45) is 0 Å². The summed E-state index contributed by atoms with van der Waals surface area (Å²) < 4.78 is 6.28. The molecule has 2 fully saturated rings. The smallest absolute Gasteiger partial charge is 0.255 e. The molecule has 0 aromatic heterocycles. The number of hydrogen-bond acceptors (Lipinski definition) is 5. The Labute approximate surface area is 210 Å². The molecule has 2 aromatic carbocycles. The molecule has 0 bridgehead atoms. The van der Waals surface area contributed by atoms with Gasteiger partial charge in [0, 0.05) is 36.1 Å². The quantitative estimate of drug-likeness (QED) is 0.572. The summed E-state index contributed by atoms with van der Waals surface area (Å²) in [5.41, 5.74) is 3.66. The first kappa shape index (κ1) is 24.0. The van der Waals surface area contributed by atoms with Crippen LogP contribution >= 0.6 is 11.6 Å². The van der Waals surface area contributed by atoms with Gasteiger partial charge >= 0.3 is 0 Å². The van der Waals surface area contributed by atoms with Gasteiger partial charge in [-0.1, -0.05) is 54.8 Å². The number of ether oxygens (including phenoxy) is 1. The van der Waals surface area contributed by atoms with Crippen LogP contribution < -0.4 is 10.6 Å². The van der Waals surface area contributed by atoms with Crippen molar-refractivity contribution in [3.8, 4) is 0 Å². The van der Waals surface area contributed by atoms with E-state index in [-0.39, 0.29) is 36.3 Å². The fraction of sp³-hybridized carbons (Fsp3) is 0.444. The van der Waals surface area contributed by atoms with Crippen LogP contribution in [0.3, 0.4) is 0 Å². The fourth-order valence-corrected chi connectivity index (χ4v) is 5.52. The van der Waals surface area contributed by atoms with Gasteiger partial charge in [-0.3, -0.25) is 19.7 Å². The van der Waals surface area contributed by atoms with E-state index < -0.39 is 6.04 Å². The highest BCUT2D eigenvalue weighted by molar-refractivity contribution is 6.31. The van der Waals surface area contributed by atoms with Gasteiger partial charge < -0.3 is 15.0 Å². The molecule has 0 spiro atoms. The SMILES string of the molecule is O=C1CCC(N2Cc3cc(CN[C@@H]4CCCC[C@H]4OCc4ccccc4Cl)ccc3C2=O)C(=O)N1. The summed E-state index contributed by atoms with van der Waals surface area (Å²) in [7, 11) is 0. The highest BCUT2D eigenvalue weighted by Crippen LogP contribution is 2.29. The molecule has 0 radical (unpaired) electrons. The predicted molar refractivity (Wildman–Crippen MR) is 132 cm³/mol. The molecule has 184 valence electrons. The van der Waals surface area contributed by atoms with Gasteiger partial charge in [0.05, 0.1) is 12.7 Å². The maximum Gasteiger partial charge on any atom is 0.255 e. The summed E-state index contributed by atoms with van der Waals surface area (Å²) >= 11 is 6.29. The number of imide groups is 1. The normalized spacial score (nSPS) is 24.4. The monoisotopic (exact) mass is 495 g/mol. The van der Waals surface area contributed by atoms with Gasteiger partial charge in [0.15, 0.2) is 0 Å². The number of nitrogens with one attached hydrogen (secondary N) is 2. The second-order valence-electron chi connectivity index (χ2n) is 9.60. The van der Waals surface area contributed by atoms with Crippen molar-refractivity contribution in [1.82, 2.24) is 15.5 Å². The number of carbonyl (C=O) groups is 3. The zero-order valence-electron chi connectivity index (χ0n) is 19.6. The van der Waals surface area contributed by atoms with E-state index in [1.807, 2.05) is 36.4 Å². The number of amides is 3. The van der Waals surface area contributed by atoms with Crippen LogP contribution in [0, 0.1) is 0 Å². The molecular formula is C27H30ClN3O4. The van der Waals surface area contributed by atoms with Gasteiger partial charge in [-0.25, -0.2) is 0 Å². The topological polar surface area (TPSA) is 87.7 Å². The van der Waals surface area contributed by atoms with Crippen LogP contribution in [-0.2, 0) is 34.0 Å². The number of benzene rings is 2. The Morgan fingerprint density at radius 2 is 1.89 bits per heavy atom. The molecule has 1 saturated heterocycles. The van der Waals surface area contributed by atoms with Crippen molar-refractivity contribution in [3.05, 3.63) is 69.7 Å². The Bertz CT molecular complexity index is 1140. The lowest BCUT2D eigenvalue weighted by Crippen LogP contribution is -2.52. The van der Waals surface area contributed by atoms with Crippen LogP contribution in [0.1, 0.15) is 65.6 Å². The molecule has 3 atom stereocenters. The van der Waals surface area contributed by atoms with Crippen molar-refractivity contribution in [3.63, 3.8) is 0 Å². The minimum Gasteiger partial charge on any atom is -0.372 e. The standard InChI is InChI=1S/C27H30ClN3O4/c28-21-6-2-1-5-18(21)16-35-24-8-4-3-7-22(24)29-14-17-9-10-20-19(13-17)15-31(27(20)34)23-11-12-25(32)30-26(23)33/h1-2,5-6,9-10,13,22-24,29H,3-4,7-8,11-12,14-16H2,(H,30,32,33)/t22-,23?,24-/m1/s1. The van der Waals surface area contributed by atoms with E-state index in [1.54, 1.807) is 4.90 Å². The third-order valence-electron chi connectivity index (χ3n) is 7.27. The first-order chi connectivity index (χ1) is 17.0. The van der Waals surface area contributed by atoms with E-state index in [4.69, 9.17) is 16.3 Å². The molecule has 35 heavy (non-hydrogen) atoms. The zero-order valence-corrected chi connectivity index (χ0v) is 20.4. The number of carbonyl (C=O) groups excluding carboxylic acids is 3. The van der Waals surface area contributed by atoms with Gasteiger partial charge in [-0.05, 0) is 48.1 Å². The van der Waals surface area contributed by atoms with Crippen LogP contribution in [0.5, 0.6) is 0 Å². The molecule has 2 aliphatic heterocycles. The molecule has 2 aromatic rings. The molecule has 5 rings (SSSR count). The molecule has 2 heterocycles. The third kappa shape index (κ3) is 5.27. The van der Waals surface area contributed by atoms with Crippen molar-refractivity contribution < 1.29 is 19.1 Å². The summed E-state index contributed by atoms with van der Waals surface area (Å²) in [6.45, 7) is 1.57. The van der Waals surface area contributed by atoms with Crippen LogP contribution in [-0.4, -0.2) is 40.8 Å². The average molecular weight is 496 g/mol. The Morgan fingerprint density at radius 3 is 2.71 bits per heavy atom. The first-order valence-electron chi connectivity index (χ1n) is 12.3. The number of rotatable bonds is 7. The second kappa shape index (κ2) is 10.5. The maximum atomic E-state index is 12.9. The first-order valence-corrected chi connectivity index (χ1v) is 12.7. The van der Waals surface area contributed by atoms with E-state index in [1.165, 1.54) is 6.42 Å². The second-order valence-corrected chi connectivity index (χ2v) is 10.0. The number of hydrogen-bond donors (Lipinski definition) is 2. The highest BCUT2D eigenvalue weighted by atomic mass is 35.5. The number of piperidine rings is 1. The van der Waals surface area contributed by atoms with E-state index >= 15 is 0 Å². The Kier molecular flexibility index (Phi) is 7.18. The molecule has 3 amide bonds. The average Bonchev–Trinajstić information content (AvgIpc) is 3.18. The number of halogens is 1. The minimum absolute atomic E-state index is 0.124. The zero-order chi connectivity index (χ0) is 24.4. The Morgan fingerprint density at radius 1 is 1.06 bits per heavy atom. The minimum atomic E-state index is -0.590. The largest absolute Gasteiger partial charge is 0.372 e. The molecule has 1 unspecified atom stereocenters. The highest BCUT2D eigenvalue weighted by Gasteiger charge is 2.39. The third-order valence-corrected chi connectivity index (χ3v) is 7.64. The summed E-state index contributed by atoms with van der Waals surface area (Å²) in [6, 6.07) is 13.3. The summed E-state index contributed by atoms with van der Waals surface area (Å²) in [4.78, 5) is 38.2. The molecular weight excluding hydrogens is 466 g/mol. The summed E-state index contributed by atoms with van der Waals surface area (Å²) in [5.74, 6) is -0.806. The van der Waals surface area contributed by atoms with Crippen LogP contribution in [0.25, 0.3) is 0 Å². The predicted octanol–water partition coefficient (Wildman–Crippen LogP) is 3.72. The maximum absolute atomic E-state index is 12.9. The van der Waals surface area contributed by atoms with E-state index in [2.05, 4.69) is 16.7 Å². The van der Waals surface area contributed by atoms with Gasteiger partial charge in [0.1, 0.15) is 6.04 Å². The van der Waals surface area contributed by atoms with E-state index in [0.29, 0.717) is 31.7 Å². The van der Waals surface area contributed by atoms with Crippen LogP contribution in [0.2, 0.25) is 5.02 Å². The van der Waals surface area contributed by atoms with Crippen molar-refractivity contribution >= 4 is 29.3 Å². The lowest BCUT2D eigenvalue weighted by Gasteiger charge is -2.32. The van der Waals surface area contributed by atoms with Crippen LogP contribution in [0.4, 0.5) is 0 Å². The molecule has 7 nitrogen and oxygen atoms in total. The van der Waals surface area contributed by atoms with Crippen molar-refractivity contribution in [1.29, 1.82) is 0 Å². The fourth-order valence-electron chi connectivity index (χ4n) is 5.33. The molecule has 8 heteroatoms. The van der Waals surface area contributed by atoms with E-state index in [9.17, 15) is 14.4 Å². The van der Waals surface area contributed by atoms with Crippen LogP contribution in [0.15, 0.2) is 42.5 Å². The van der Waals surface area contributed by atoms with Crippen molar-refractivity contribution in [2.45, 2.75) is 76.4 Å². The molecule has 1 saturated carbocycles. The summed E-state index contributed by atoms with van der Waals surface area (Å²) in [5, 5.41) is 6.75. The molecule has 3 aliphatic rings. The lowest BCUT2D eigenvalue weighted by molar-refractivity contribution is -0.136. The number of fused-ring (bicyclic) bond motifs is 1. The lowest BCUT2D eigenvalue weighted by atomic mass is 9.92. The Hall–Kier alpha value is -2.74. The van der Waals surface area contributed by atoms with Gasteiger partial charge in [-0.15, -0.1) is 0 Å². The van der Waals surface area contributed by atoms with Crippen molar-refractivity contribution in [2.75, 3.05) is 0 Å². The summed E-state index contributed by atoms with van der Waals surface area (Å²) in [6.07, 6.45) is 5.15.